The molecular formula is C24H33NO4Si. The van der Waals surface area contributed by atoms with Crippen LogP contribution in [0.4, 0.5) is 4.79 Å². The average Bonchev–Trinajstić information content (AvgIpc) is 2.67. The van der Waals surface area contributed by atoms with E-state index in [0.717, 1.165) is 10.8 Å². The van der Waals surface area contributed by atoms with Gasteiger partial charge in [0.1, 0.15) is 5.60 Å². The number of amides is 1. The van der Waals surface area contributed by atoms with Crippen molar-refractivity contribution >= 4 is 25.3 Å². The van der Waals surface area contributed by atoms with Crippen molar-refractivity contribution in [3.63, 3.8) is 0 Å². The van der Waals surface area contributed by atoms with E-state index in [1.54, 1.807) is 6.92 Å². The van der Waals surface area contributed by atoms with Crippen LogP contribution in [0.25, 0.3) is 0 Å². The van der Waals surface area contributed by atoms with Crippen LogP contribution in [0.15, 0.2) is 60.7 Å². The largest absolute Gasteiger partial charge is 0.466 e. The smallest absolute Gasteiger partial charge is 0.408 e. The summed E-state index contributed by atoms with van der Waals surface area (Å²) in [6.45, 7) is 11.8. The Morgan fingerprint density at radius 1 is 0.967 bits per heavy atom. The second-order valence-corrected chi connectivity index (χ2v) is 13.5. The highest BCUT2D eigenvalue weighted by molar-refractivity contribution is 6.93. The van der Waals surface area contributed by atoms with Crippen LogP contribution in [-0.4, -0.2) is 32.3 Å². The molecule has 0 aromatic heterocycles. The molecule has 2 rings (SSSR count). The van der Waals surface area contributed by atoms with Crippen molar-refractivity contribution in [1.82, 2.24) is 5.32 Å². The van der Waals surface area contributed by atoms with Crippen LogP contribution in [0.2, 0.25) is 18.6 Å². The molecule has 0 bridgehead atoms. The summed E-state index contributed by atoms with van der Waals surface area (Å²) in [6.07, 6.45) is -0.552. The Balaban J connectivity index is 2.54. The van der Waals surface area contributed by atoms with Gasteiger partial charge in [0, 0.05) is 0 Å². The zero-order valence-corrected chi connectivity index (χ0v) is 19.8. The Morgan fingerprint density at radius 3 is 2.00 bits per heavy atom. The standard InChI is InChI=1S/C24H33NO4Si/c1-7-28-22(26)21(30(5,6)19-16-12-9-13-17-19)20(18-14-10-8-11-15-18)25-23(27)29-24(2,3)4/h8-17,20-21H,7H2,1-6H3,(H,25,27)/t20-,21-/m1/s1. The van der Waals surface area contributed by atoms with Gasteiger partial charge in [0.2, 0.25) is 0 Å². The van der Waals surface area contributed by atoms with Crippen molar-refractivity contribution in [3.05, 3.63) is 66.2 Å². The number of benzene rings is 2. The van der Waals surface area contributed by atoms with Crippen LogP contribution < -0.4 is 10.5 Å². The van der Waals surface area contributed by atoms with Crippen LogP contribution in [-0.2, 0) is 14.3 Å². The summed E-state index contributed by atoms with van der Waals surface area (Å²) in [6, 6.07) is 19.0. The number of hydrogen-bond donors (Lipinski definition) is 1. The van der Waals surface area contributed by atoms with Crippen LogP contribution >= 0.6 is 0 Å². The number of nitrogens with one attached hydrogen (secondary N) is 1. The van der Waals surface area contributed by atoms with E-state index in [0.29, 0.717) is 0 Å². The highest BCUT2D eigenvalue weighted by Gasteiger charge is 2.46. The van der Waals surface area contributed by atoms with Gasteiger partial charge in [0.05, 0.1) is 26.3 Å². The van der Waals surface area contributed by atoms with Crippen molar-refractivity contribution in [2.24, 2.45) is 0 Å². The minimum absolute atomic E-state index is 0.280. The molecule has 0 heterocycles. The summed E-state index contributed by atoms with van der Waals surface area (Å²) in [5.41, 5.74) is -0.329. The molecule has 0 radical (unpaired) electrons. The molecule has 2 atom stereocenters. The lowest BCUT2D eigenvalue weighted by Gasteiger charge is -2.37. The monoisotopic (exact) mass is 427 g/mol. The minimum atomic E-state index is -2.43. The molecule has 1 N–H and O–H groups in total. The third kappa shape index (κ3) is 6.20. The second-order valence-electron chi connectivity index (χ2n) is 8.85. The lowest BCUT2D eigenvalue weighted by Crippen LogP contribution is -2.54. The van der Waals surface area contributed by atoms with Gasteiger partial charge in [0.25, 0.3) is 0 Å². The summed E-state index contributed by atoms with van der Waals surface area (Å²) >= 11 is 0. The van der Waals surface area contributed by atoms with Crippen molar-refractivity contribution in [3.8, 4) is 0 Å². The lowest BCUT2D eigenvalue weighted by molar-refractivity contribution is -0.143. The summed E-state index contributed by atoms with van der Waals surface area (Å²) in [7, 11) is -2.43. The molecule has 0 aliphatic heterocycles. The third-order valence-electron chi connectivity index (χ3n) is 5.00. The number of rotatable bonds is 7. The number of alkyl carbamates (subject to hydrolysis) is 1. The van der Waals surface area contributed by atoms with Crippen molar-refractivity contribution in [2.45, 2.75) is 58.0 Å². The van der Waals surface area contributed by atoms with Crippen LogP contribution in [0.3, 0.4) is 0 Å². The molecule has 0 spiro atoms. The number of ether oxygens (including phenoxy) is 2. The zero-order valence-electron chi connectivity index (χ0n) is 18.8. The van der Waals surface area contributed by atoms with Gasteiger partial charge in [-0.25, -0.2) is 4.79 Å². The fourth-order valence-corrected chi connectivity index (χ4v) is 6.77. The van der Waals surface area contributed by atoms with Gasteiger partial charge in [0.15, 0.2) is 0 Å². The predicted molar refractivity (Wildman–Crippen MR) is 122 cm³/mol. The van der Waals surface area contributed by atoms with Crippen molar-refractivity contribution < 1.29 is 19.1 Å². The zero-order chi connectivity index (χ0) is 22.4. The first-order chi connectivity index (χ1) is 14.1. The summed E-state index contributed by atoms with van der Waals surface area (Å²) in [5, 5.41) is 4.10. The van der Waals surface area contributed by atoms with Crippen LogP contribution in [0, 0.1) is 0 Å². The Morgan fingerprint density at radius 2 is 1.50 bits per heavy atom. The Hall–Kier alpha value is -2.60. The van der Waals surface area contributed by atoms with Gasteiger partial charge in [-0.2, -0.15) is 0 Å². The molecule has 0 saturated carbocycles. The van der Waals surface area contributed by atoms with E-state index in [9.17, 15) is 9.59 Å². The summed E-state index contributed by atoms with van der Waals surface area (Å²) in [4.78, 5) is 26.0. The Bertz CT molecular complexity index is 831. The number of esters is 1. The fourth-order valence-electron chi connectivity index (χ4n) is 3.58. The predicted octanol–water partition coefficient (Wildman–Crippen LogP) is 4.80. The van der Waals surface area contributed by atoms with Gasteiger partial charge < -0.3 is 14.8 Å². The van der Waals surface area contributed by atoms with Gasteiger partial charge in [-0.15, -0.1) is 0 Å². The highest BCUT2D eigenvalue weighted by atomic mass is 28.3. The van der Waals surface area contributed by atoms with Gasteiger partial charge in [-0.05, 0) is 33.3 Å². The topological polar surface area (TPSA) is 64.6 Å². The molecule has 2 aromatic rings. The second kappa shape index (κ2) is 9.94. The molecular weight excluding hydrogens is 394 g/mol. The summed E-state index contributed by atoms with van der Waals surface area (Å²) < 4.78 is 11.0. The molecule has 162 valence electrons. The normalized spacial score (nSPS) is 13.8. The molecule has 30 heavy (non-hydrogen) atoms. The molecule has 0 fully saturated rings. The fraction of sp³-hybridized carbons (Fsp3) is 0.417. The molecule has 0 saturated heterocycles. The van der Waals surface area contributed by atoms with Crippen molar-refractivity contribution in [2.75, 3.05) is 6.61 Å². The maximum Gasteiger partial charge on any atom is 0.408 e. The maximum atomic E-state index is 13.3. The third-order valence-corrected chi connectivity index (χ3v) is 8.95. The molecule has 0 unspecified atom stereocenters. The Labute approximate surface area is 180 Å². The number of carbonyl (C=O) groups excluding carboxylic acids is 2. The van der Waals surface area contributed by atoms with Gasteiger partial charge in [-0.3, -0.25) is 4.79 Å². The molecule has 0 aliphatic carbocycles. The number of carbonyl (C=O) groups is 2. The van der Waals surface area contributed by atoms with E-state index in [4.69, 9.17) is 9.47 Å². The lowest BCUT2D eigenvalue weighted by atomic mass is 10.0. The molecule has 1 amide bonds. The minimum Gasteiger partial charge on any atom is -0.466 e. The van der Waals surface area contributed by atoms with E-state index in [-0.39, 0.29) is 12.6 Å². The average molecular weight is 428 g/mol. The first kappa shape index (κ1) is 23.7. The van der Waals surface area contributed by atoms with Crippen molar-refractivity contribution in [1.29, 1.82) is 0 Å². The first-order valence-corrected chi connectivity index (χ1v) is 13.4. The van der Waals surface area contributed by atoms with E-state index >= 15 is 0 Å². The first-order valence-electron chi connectivity index (χ1n) is 10.3. The van der Waals surface area contributed by atoms with Crippen LogP contribution in [0.5, 0.6) is 0 Å². The van der Waals surface area contributed by atoms with Gasteiger partial charge in [-0.1, -0.05) is 78.9 Å². The molecule has 5 nitrogen and oxygen atoms in total. The number of hydrogen-bond acceptors (Lipinski definition) is 4. The molecule has 2 aromatic carbocycles. The highest BCUT2D eigenvalue weighted by Crippen LogP contribution is 2.37. The SMILES string of the molecule is CCOC(=O)[C@@H]([C@H](NC(=O)OC(C)(C)C)c1ccccc1)[Si](C)(C)c1ccccc1. The molecule has 0 aliphatic rings. The summed E-state index contributed by atoms with van der Waals surface area (Å²) in [5.74, 6) is -0.303. The van der Waals surface area contributed by atoms with Gasteiger partial charge >= 0.3 is 12.1 Å². The van der Waals surface area contributed by atoms with E-state index in [2.05, 4.69) is 18.4 Å². The molecule has 6 heteroatoms. The maximum absolute atomic E-state index is 13.3. The van der Waals surface area contributed by atoms with E-state index in [1.807, 2.05) is 81.4 Å². The van der Waals surface area contributed by atoms with E-state index < -0.39 is 31.4 Å². The quantitative estimate of drug-likeness (QED) is 0.509. The van der Waals surface area contributed by atoms with Crippen LogP contribution in [0.1, 0.15) is 39.3 Å². The van der Waals surface area contributed by atoms with E-state index in [1.165, 1.54) is 0 Å². The Kier molecular flexibility index (Phi) is 7.84.